The highest BCUT2D eigenvalue weighted by atomic mass is 32.1. The third-order valence-electron chi connectivity index (χ3n) is 3.98. The Morgan fingerprint density at radius 2 is 1.96 bits per heavy atom. The maximum Gasteiger partial charge on any atom is 0.198 e. The van der Waals surface area contributed by atoms with Crippen molar-refractivity contribution in [3.8, 4) is 5.69 Å². The molecule has 0 unspecified atom stereocenters. The second kappa shape index (κ2) is 5.28. The highest BCUT2D eigenvalue weighted by Gasteiger charge is 2.17. The summed E-state index contributed by atoms with van der Waals surface area (Å²) >= 11 is 1.63. The standard InChI is InChI=1S/C18H14N3OS/c1-11(2)12-7-8-15-16(17(12)21-10-9-19-20-21)18(22)13-5-3-4-6-14(13)23-15/h3-8,10-11H,1-2H3. The van der Waals surface area contributed by atoms with Crippen LogP contribution in [0.4, 0.5) is 0 Å². The van der Waals surface area contributed by atoms with Crippen molar-refractivity contribution in [1.29, 1.82) is 0 Å². The third-order valence-corrected chi connectivity index (χ3v) is 5.12. The first kappa shape index (κ1) is 14.1. The van der Waals surface area contributed by atoms with Gasteiger partial charge < -0.3 is 0 Å². The molecule has 0 saturated carbocycles. The van der Waals surface area contributed by atoms with Crippen LogP contribution in [0.5, 0.6) is 0 Å². The first-order valence-electron chi connectivity index (χ1n) is 7.44. The Balaban J connectivity index is 2.24. The zero-order valence-corrected chi connectivity index (χ0v) is 13.6. The van der Waals surface area contributed by atoms with E-state index in [1.807, 2.05) is 30.3 Å². The Morgan fingerprint density at radius 1 is 1.13 bits per heavy atom. The summed E-state index contributed by atoms with van der Waals surface area (Å²) in [5.74, 6) is 0.273. The Kier molecular flexibility index (Phi) is 3.23. The SMILES string of the molecule is CC(C)c1ccc2sc3ccccc3c(=O)c2c1-n1c[c]nn1. The molecule has 23 heavy (non-hydrogen) atoms. The van der Waals surface area contributed by atoms with E-state index in [2.05, 4.69) is 36.4 Å². The Hall–Kier alpha value is -2.53. The van der Waals surface area contributed by atoms with Crippen molar-refractivity contribution in [1.82, 2.24) is 15.0 Å². The highest BCUT2D eigenvalue weighted by molar-refractivity contribution is 7.24. The zero-order valence-electron chi connectivity index (χ0n) is 12.8. The van der Waals surface area contributed by atoms with E-state index in [1.165, 1.54) is 0 Å². The van der Waals surface area contributed by atoms with Gasteiger partial charge in [-0.15, -0.1) is 16.4 Å². The molecular formula is C18H14N3OS. The van der Waals surface area contributed by atoms with Crippen molar-refractivity contribution in [3.05, 3.63) is 64.6 Å². The molecule has 4 rings (SSSR count). The summed E-state index contributed by atoms with van der Waals surface area (Å²) in [5.41, 5.74) is 1.94. The first-order valence-corrected chi connectivity index (χ1v) is 8.25. The van der Waals surface area contributed by atoms with Crippen LogP contribution in [0.15, 0.2) is 47.4 Å². The van der Waals surface area contributed by atoms with E-state index in [-0.39, 0.29) is 11.3 Å². The molecule has 0 fully saturated rings. The van der Waals surface area contributed by atoms with Gasteiger partial charge in [0, 0.05) is 14.8 Å². The molecule has 113 valence electrons. The van der Waals surface area contributed by atoms with Gasteiger partial charge in [-0.2, -0.15) is 0 Å². The zero-order chi connectivity index (χ0) is 16.0. The summed E-state index contributed by atoms with van der Waals surface area (Å²) in [4.78, 5) is 13.1. The van der Waals surface area contributed by atoms with Crippen LogP contribution in [0.2, 0.25) is 0 Å². The van der Waals surface area contributed by atoms with E-state index in [4.69, 9.17) is 0 Å². The first-order chi connectivity index (χ1) is 11.2. The minimum atomic E-state index is 0.0438. The average molecular weight is 320 g/mol. The van der Waals surface area contributed by atoms with E-state index >= 15 is 0 Å². The van der Waals surface area contributed by atoms with Crippen molar-refractivity contribution in [2.45, 2.75) is 19.8 Å². The van der Waals surface area contributed by atoms with Crippen molar-refractivity contribution < 1.29 is 0 Å². The number of hydrogen-bond acceptors (Lipinski definition) is 4. The summed E-state index contributed by atoms with van der Waals surface area (Å²) < 4.78 is 3.61. The van der Waals surface area contributed by atoms with Crippen LogP contribution in [0.3, 0.4) is 0 Å². The van der Waals surface area contributed by atoms with Gasteiger partial charge in [0.05, 0.1) is 17.3 Å². The van der Waals surface area contributed by atoms with Crippen LogP contribution in [-0.4, -0.2) is 15.0 Å². The van der Waals surface area contributed by atoms with Gasteiger partial charge in [0.25, 0.3) is 0 Å². The highest BCUT2D eigenvalue weighted by Crippen LogP contribution is 2.33. The monoisotopic (exact) mass is 320 g/mol. The molecule has 0 aliphatic carbocycles. The van der Waals surface area contributed by atoms with Crippen molar-refractivity contribution >= 4 is 31.5 Å². The normalized spacial score (nSPS) is 11.6. The molecule has 0 atom stereocenters. The van der Waals surface area contributed by atoms with E-state index in [0.717, 1.165) is 26.0 Å². The molecule has 0 aliphatic heterocycles. The summed E-state index contributed by atoms with van der Waals surface area (Å²) in [6.45, 7) is 4.22. The third kappa shape index (κ3) is 2.16. The number of hydrogen-bond donors (Lipinski definition) is 0. The molecule has 1 radical (unpaired) electrons. The summed E-state index contributed by atoms with van der Waals surface area (Å²) in [5, 5.41) is 9.32. The molecule has 0 saturated heterocycles. The number of benzene rings is 2. The number of rotatable bonds is 2. The molecule has 0 aliphatic rings. The maximum absolute atomic E-state index is 13.1. The van der Waals surface area contributed by atoms with Gasteiger partial charge in [-0.05, 0) is 29.7 Å². The fourth-order valence-electron chi connectivity index (χ4n) is 2.89. The van der Waals surface area contributed by atoms with E-state index in [1.54, 1.807) is 22.2 Å². The largest absolute Gasteiger partial charge is 0.288 e. The van der Waals surface area contributed by atoms with Crippen LogP contribution in [-0.2, 0) is 0 Å². The topological polar surface area (TPSA) is 47.8 Å². The van der Waals surface area contributed by atoms with Crippen LogP contribution in [0, 0.1) is 6.20 Å². The van der Waals surface area contributed by atoms with E-state index in [0.29, 0.717) is 5.39 Å². The molecule has 0 amide bonds. The van der Waals surface area contributed by atoms with Gasteiger partial charge >= 0.3 is 0 Å². The van der Waals surface area contributed by atoms with Crippen molar-refractivity contribution in [2.75, 3.05) is 0 Å². The van der Waals surface area contributed by atoms with Gasteiger partial charge in [0.15, 0.2) is 5.43 Å². The fourth-order valence-corrected chi connectivity index (χ4v) is 3.97. The fraction of sp³-hybridized carbons (Fsp3) is 0.167. The molecular weight excluding hydrogens is 306 g/mol. The minimum Gasteiger partial charge on any atom is -0.288 e. The van der Waals surface area contributed by atoms with Crippen LogP contribution in [0.1, 0.15) is 25.3 Å². The molecule has 2 aromatic carbocycles. The lowest BCUT2D eigenvalue weighted by Gasteiger charge is -2.15. The molecule has 2 aromatic heterocycles. The van der Waals surface area contributed by atoms with Gasteiger partial charge in [-0.1, -0.05) is 37.3 Å². The van der Waals surface area contributed by atoms with Gasteiger partial charge in [0.2, 0.25) is 0 Å². The molecule has 4 aromatic rings. The minimum absolute atomic E-state index is 0.0438. The lowest BCUT2D eigenvalue weighted by Crippen LogP contribution is -2.10. The van der Waals surface area contributed by atoms with Crippen molar-refractivity contribution in [3.63, 3.8) is 0 Å². The quantitative estimate of drug-likeness (QED) is 0.526. The van der Waals surface area contributed by atoms with Gasteiger partial charge in [-0.25, -0.2) is 4.68 Å². The smallest absolute Gasteiger partial charge is 0.198 e. The van der Waals surface area contributed by atoms with Gasteiger partial charge in [0.1, 0.15) is 6.20 Å². The summed E-state index contributed by atoms with van der Waals surface area (Å²) in [6.07, 6.45) is 4.39. The van der Waals surface area contributed by atoms with Crippen LogP contribution >= 0.6 is 11.3 Å². The number of fused-ring (bicyclic) bond motifs is 2. The molecule has 0 N–H and O–H groups in total. The molecule has 0 spiro atoms. The molecule has 0 bridgehead atoms. The molecule has 5 heteroatoms. The second-order valence-electron chi connectivity index (χ2n) is 5.75. The maximum atomic E-state index is 13.1. The summed E-state index contributed by atoms with van der Waals surface area (Å²) in [6, 6.07) is 11.8. The predicted molar refractivity (Wildman–Crippen MR) is 93.4 cm³/mol. The Morgan fingerprint density at radius 3 is 2.70 bits per heavy atom. The lowest BCUT2D eigenvalue weighted by atomic mass is 9.98. The second-order valence-corrected chi connectivity index (χ2v) is 6.83. The van der Waals surface area contributed by atoms with Crippen LogP contribution in [0.25, 0.3) is 25.9 Å². The number of nitrogens with zero attached hydrogens (tertiary/aromatic N) is 3. The van der Waals surface area contributed by atoms with E-state index < -0.39 is 0 Å². The van der Waals surface area contributed by atoms with E-state index in [9.17, 15) is 4.79 Å². The summed E-state index contributed by atoms with van der Waals surface area (Å²) in [7, 11) is 0. The lowest BCUT2D eigenvalue weighted by molar-refractivity contribution is 0.775. The predicted octanol–water partition coefficient (Wildman–Crippen LogP) is 3.92. The Bertz CT molecular complexity index is 1060. The Labute approximate surface area is 137 Å². The van der Waals surface area contributed by atoms with Crippen LogP contribution < -0.4 is 5.43 Å². The molecule has 4 nitrogen and oxygen atoms in total. The van der Waals surface area contributed by atoms with Crippen molar-refractivity contribution in [2.24, 2.45) is 0 Å². The number of aromatic nitrogens is 3. The average Bonchev–Trinajstić information content (AvgIpc) is 3.08. The van der Waals surface area contributed by atoms with Gasteiger partial charge in [-0.3, -0.25) is 4.79 Å². The molecule has 2 heterocycles.